The SMILES string of the molecule is CC1CC2CCCC1(C1C3CCC(C3)C1(C)C)CO2. The van der Waals surface area contributed by atoms with Gasteiger partial charge in [-0.2, -0.15) is 0 Å². The van der Waals surface area contributed by atoms with Crippen molar-refractivity contribution >= 4 is 0 Å². The van der Waals surface area contributed by atoms with Crippen molar-refractivity contribution in [2.24, 2.45) is 34.5 Å². The number of hydrogen-bond acceptors (Lipinski definition) is 1. The Morgan fingerprint density at radius 3 is 2.58 bits per heavy atom. The van der Waals surface area contributed by atoms with E-state index in [0.717, 1.165) is 30.3 Å². The first-order valence-corrected chi connectivity index (χ1v) is 8.65. The molecule has 0 aromatic heterocycles. The van der Waals surface area contributed by atoms with E-state index in [2.05, 4.69) is 20.8 Å². The molecule has 2 heterocycles. The minimum Gasteiger partial charge on any atom is -0.378 e. The predicted octanol–water partition coefficient (Wildman–Crippen LogP) is 4.65. The molecule has 6 unspecified atom stereocenters. The molecular formula is C18H30O. The number of ether oxygens (including phenoxy) is 1. The highest BCUT2D eigenvalue weighted by molar-refractivity contribution is 5.11. The summed E-state index contributed by atoms with van der Waals surface area (Å²) in [4.78, 5) is 0. The maximum Gasteiger partial charge on any atom is 0.0578 e. The molecular weight excluding hydrogens is 232 g/mol. The van der Waals surface area contributed by atoms with Gasteiger partial charge < -0.3 is 4.74 Å². The Morgan fingerprint density at radius 2 is 1.89 bits per heavy atom. The average molecular weight is 262 g/mol. The van der Waals surface area contributed by atoms with Crippen molar-refractivity contribution in [1.82, 2.24) is 0 Å². The predicted molar refractivity (Wildman–Crippen MR) is 77.9 cm³/mol. The van der Waals surface area contributed by atoms with Crippen LogP contribution in [0.25, 0.3) is 0 Å². The molecule has 0 spiro atoms. The Balaban J connectivity index is 1.73. The lowest BCUT2D eigenvalue weighted by atomic mass is 9.52. The van der Waals surface area contributed by atoms with Gasteiger partial charge in [-0.15, -0.1) is 0 Å². The summed E-state index contributed by atoms with van der Waals surface area (Å²) in [5.74, 6) is 3.84. The Kier molecular flexibility index (Phi) is 2.67. The molecule has 4 bridgehead atoms. The van der Waals surface area contributed by atoms with Crippen LogP contribution in [0, 0.1) is 34.5 Å². The van der Waals surface area contributed by atoms with Gasteiger partial charge in [0.25, 0.3) is 0 Å². The Bertz CT molecular complexity index is 370. The van der Waals surface area contributed by atoms with E-state index in [1.54, 1.807) is 0 Å². The molecule has 5 rings (SSSR count). The first-order chi connectivity index (χ1) is 9.04. The highest BCUT2D eigenvalue weighted by Gasteiger charge is 2.62. The fourth-order valence-electron chi connectivity index (χ4n) is 6.91. The van der Waals surface area contributed by atoms with E-state index in [-0.39, 0.29) is 0 Å². The normalized spacial score (nSPS) is 55.4. The molecule has 19 heavy (non-hydrogen) atoms. The van der Waals surface area contributed by atoms with Crippen LogP contribution in [-0.2, 0) is 4.74 Å². The van der Waals surface area contributed by atoms with Crippen LogP contribution in [0.4, 0.5) is 0 Å². The first-order valence-electron chi connectivity index (χ1n) is 8.65. The largest absolute Gasteiger partial charge is 0.378 e. The van der Waals surface area contributed by atoms with Gasteiger partial charge >= 0.3 is 0 Å². The second-order valence-corrected chi connectivity index (χ2v) is 8.76. The first kappa shape index (κ1) is 12.7. The van der Waals surface area contributed by atoms with Gasteiger partial charge in [0.2, 0.25) is 0 Å². The smallest absolute Gasteiger partial charge is 0.0578 e. The third-order valence-corrected chi connectivity index (χ3v) is 7.77. The summed E-state index contributed by atoms with van der Waals surface area (Å²) in [6.07, 6.45) is 10.7. The molecule has 1 nitrogen and oxygen atoms in total. The Morgan fingerprint density at radius 1 is 1.05 bits per heavy atom. The van der Waals surface area contributed by atoms with Gasteiger partial charge in [-0.1, -0.05) is 27.2 Å². The Labute approximate surface area is 118 Å². The second kappa shape index (κ2) is 4.00. The van der Waals surface area contributed by atoms with Crippen molar-refractivity contribution in [3.63, 3.8) is 0 Å². The standard InChI is InChI=1S/C18H30O/c1-12-9-15-5-4-8-18(12,11-19-15)16-13-6-7-14(10-13)17(16,2)3/h12-16H,4-11H2,1-3H3. The number of rotatable bonds is 1. The molecule has 0 radical (unpaired) electrons. The van der Waals surface area contributed by atoms with E-state index in [4.69, 9.17) is 4.74 Å². The minimum atomic E-state index is 0.524. The fraction of sp³-hybridized carbons (Fsp3) is 1.00. The number of fused-ring (bicyclic) bond motifs is 6. The molecule has 5 aliphatic rings. The van der Waals surface area contributed by atoms with Crippen LogP contribution in [0.3, 0.4) is 0 Å². The monoisotopic (exact) mass is 262 g/mol. The lowest BCUT2D eigenvalue weighted by Crippen LogP contribution is -2.52. The van der Waals surface area contributed by atoms with Crippen LogP contribution in [-0.4, -0.2) is 12.7 Å². The molecule has 3 saturated carbocycles. The lowest BCUT2D eigenvalue weighted by molar-refractivity contribution is -0.143. The van der Waals surface area contributed by atoms with Crippen molar-refractivity contribution in [3.8, 4) is 0 Å². The van der Waals surface area contributed by atoms with Crippen LogP contribution >= 0.6 is 0 Å². The van der Waals surface area contributed by atoms with Crippen molar-refractivity contribution in [2.75, 3.05) is 6.61 Å². The highest BCUT2D eigenvalue weighted by Crippen LogP contribution is 2.68. The van der Waals surface area contributed by atoms with Crippen LogP contribution in [0.5, 0.6) is 0 Å². The van der Waals surface area contributed by atoms with Crippen molar-refractivity contribution < 1.29 is 4.74 Å². The molecule has 5 fully saturated rings. The lowest BCUT2D eigenvalue weighted by Gasteiger charge is -2.55. The zero-order valence-corrected chi connectivity index (χ0v) is 13.0. The molecule has 2 saturated heterocycles. The van der Waals surface area contributed by atoms with Crippen LogP contribution in [0.1, 0.15) is 65.7 Å². The van der Waals surface area contributed by atoms with Gasteiger partial charge in [-0.3, -0.25) is 0 Å². The average Bonchev–Trinajstić information content (AvgIpc) is 2.79. The number of hydrogen-bond donors (Lipinski definition) is 0. The molecule has 0 amide bonds. The van der Waals surface area contributed by atoms with E-state index in [1.165, 1.54) is 44.9 Å². The van der Waals surface area contributed by atoms with Crippen LogP contribution < -0.4 is 0 Å². The fourth-order valence-corrected chi connectivity index (χ4v) is 6.91. The van der Waals surface area contributed by atoms with Crippen molar-refractivity contribution in [2.45, 2.75) is 71.8 Å². The third-order valence-electron chi connectivity index (χ3n) is 7.77. The maximum atomic E-state index is 6.29. The summed E-state index contributed by atoms with van der Waals surface area (Å²) in [6, 6.07) is 0. The molecule has 2 aliphatic heterocycles. The van der Waals surface area contributed by atoms with Crippen LogP contribution in [0.2, 0.25) is 0 Å². The topological polar surface area (TPSA) is 9.23 Å². The zero-order chi connectivity index (χ0) is 13.3. The summed E-state index contributed by atoms with van der Waals surface area (Å²) >= 11 is 0. The summed E-state index contributed by atoms with van der Waals surface area (Å²) in [7, 11) is 0. The van der Waals surface area contributed by atoms with Gasteiger partial charge in [-0.25, -0.2) is 0 Å². The summed E-state index contributed by atoms with van der Waals surface area (Å²) < 4.78 is 6.29. The highest BCUT2D eigenvalue weighted by atomic mass is 16.5. The zero-order valence-electron chi connectivity index (χ0n) is 13.0. The van der Waals surface area contributed by atoms with Crippen molar-refractivity contribution in [1.29, 1.82) is 0 Å². The van der Waals surface area contributed by atoms with E-state index in [1.807, 2.05) is 0 Å². The molecule has 108 valence electrons. The molecule has 0 aromatic rings. The minimum absolute atomic E-state index is 0.524. The van der Waals surface area contributed by atoms with E-state index in [9.17, 15) is 0 Å². The molecule has 1 heteroatoms. The van der Waals surface area contributed by atoms with E-state index in [0.29, 0.717) is 16.9 Å². The van der Waals surface area contributed by atoms with Crippen LogP contribution in [0.15, 0.2) is 0 Å². The van der Waals surface area contributed by atoms with Gasteiger partial charge in [0.05, 0.1) is 12.7 Å². The molecule has 0 aromatic carbocycles. The van der Waals surface area contributed by atoms with Gasteiger partial charge in [0, 0.05) is 5.41 Å². The van der Waals surface area contributed by atoms with Gasteiger partial charge in [-0.05, 0) is 67.6 Å². The van der Waals surface area contributed by atoms with Gasteiger partial charge in [0.15, 0.2) is 0 Å². The summed E-state index contributed by atoms with van der Waals surface area (Å²) in [5, 5.41) is 0. The quantitative estimate of drug-likeness (QED) is 0.668. The summed E-state index contributed by atoms with van der Waals surface area (Å²) in [5.41, 5.74) is 1.09. The molecule has 3 aliphatic carbocycles. The maximum absolute atomic E-state index is 6.29. The summed E-state index contributed by atoms with van der Waals surface area (Å²) in [6.45, 7) is 8.79. The third kappa shape index (κ3) is 1.57. The molecule has 0 N–H and O–H groups in total. The second-order valence-electron chi connectivity index (χ2n) is 8.76. The van der Waals surface area contributed by atoms with Gasteiger partial charge in [0.1, 0.15) is 0 Å². The van der Waals surface area contributed by atoms with E-state index >= 15 is 0 Å². The molecule has 6 atom stereocenters. The van der Waals surface area contributed by atoms with E-state index < -0.39 is 0 Å². The van der Waals surface area contributed by atoms with Crippen molar-refractivity contribution in [3.05, 3.63) is 0 Å². The Hall–Kier alpha value is -0.0400.